The molecule has 70 valence electrons. The zero-order valence-corrected chi connectivity index (χ0v) is 8.39. The molecule has 1 rings (SSSR count). The van der Waals surface area contributed by atoms with Crippen molar-refractivity contribution in [1.29, 1.82) is 0 Å². The Kier molecular flexibility index (Phi) is 3.51. The van der Waals surface area contributed by atoms with Gasteiger partial charge < -0.3 is 4.74 Å². The van der Waals surface area contributed by atoms with Crippen LogP contribution in [0.3, 0.4) is 0 Å². The Morgan fingerprint density at radius 1 is 1.62 bits per heavy atom. The summed E-state index contributed by atoms with van der Waals surface area (Å²) in [6.07, 6.45) is 1.64. The molecule has 0 aromatic carbocycles. The molecule has 1 aromatic rings. The van der Waals surface area contributed by atoms with Crippen molar-refractivity contribution in [2.75, 3.05) is 7.11 Å². The van der Waals surface area contributed by atoms with Crippen molar-refractivity contribution in [3.05, 3.63) is 28.0 Å². The van der Waals surface area contributed by atoms with E-state index in [9.17, 15) is 4.79 Å². The number of carbonyl (C=O) groups excluding carboxylic acids is 1. The summed E-state index contributed by atoms with van der Waals surface area (Å²) in [7, 11) is 1.33. The molecule has 0 aliphatic carbocycles. The summed E-state index contributed by atoms with van der Waals surface area (Å²) < 4.78 is 4.48. The average Bonchev–Trinajstić information content (AvgIpc) is 2.11. The standard InChI is InChI=1S/C8H7Cl2NO2/c1-13-7(12)3-5-2-6(9)8(10)11-4-5/h2,4H,3H2,1H3. The molecule has 0 bridgehead atoms. The lowest BCUT2D eigenvalue weighted by molar-refractivity contribution is -0.139. The third-order valence-electron chi connectivity index (χ3n) is 1.43. The van der Waals surface area contributed by atoms with Crippen LogP contribution < -0.4 is 0 Å². The number of hydrogen-bond donors (Lipinski definition) is 0. The number of rotatable bonds is 2. The summed E-state index contributed by atoms with van der Waals surface area (Å²) in [5, 5.41) is 0.568. The summed E-state index contributed by atoms with van der Waals surface area (Å²) >= 11 is 11.3. The molecule has 0 radical (unpaired) electrons. The van der Waals surface area contributed by atoms with Crippen molar-refractivity contribution < 1.29 is 9.53 Å². The van der Waals surface area contributed by atoms with Crippen molar-refractivity contribution in [3.63, 3.8) is 0 Å². The molecule has 0 saturated heterocycles. The highest BCUT2D eigenvalue weighted by molar-refractivity contribution is 6.41. The topological polar surface area (TPSA) is 39.2 Å². The molecule has 0 atom stereocenters. The molecular formula is C8H7Cl2NO2. The summed E-state index contributed by atoms with van der Waals surface area (Å²) in [5.41, 5.74) is 0.682. The fourth-order valence-electron chi connectivity index (χ4n) is 0.796. The number of pyridine rings is 1. The highest BCUT2D eigenvalue weighted by Gasteiger charge is 2.05. The van der Waals surface area contributed by atoms with Gasteiger partial charge in [0.2, 0.25) is 0 Å². The molecule has 0 aliphatic heterocycles. The maximum absolute atomic E-state index is 10.9. The molecule has 1 aromatic heterocycles. The van der Waals surface area contributed by atoms with E-state index in [2.05, 4.69) is 9.72 Å². The Hall–Kier alpha value is -0.800. The maximum atomic E-state index is 10.9. The largest absolute Gasteiger partial charge is 0.469 e. The first-order valence-corrected chi connectivity index (χ1v) is 4.26. The van der Waals surface area contributed by atoms with Crippen LogP contribution in [0.4, 0.5) is 0 Å². The number of halogens is 2. The van der Waals surface area contributed by atoms with Crippen LogP contribution in [0.25, 0.3) is 0 Å². The normalized spacial score (nSPS) is 9.77. The minimum atomic E-state index is -0.333. The quantitative estimate of drug-likeness (QED) is 0.565. The van der Waals surface area contributed by atoms with E-state index >= 15 is 0 Å². The van der Waals surface area contributed by atoms with Gasteiger partial charge >= 0.3 is 5.97 Å². The molecule has 0 N–H and O–H groups in total. The molecule has 0 amide bonds. The van der Waals surface area contributed by atoms with Gasteiger partial charge in [-0.15, -0.1) is 0 Å². The lowest BCUT2D eigenvalue weighted by atomic mass is 10.2. The molecule has 1 heterocycles. The molecule has 0 spiro atoms. The number of hydrogen-bond acceptors (Lipinski definition) is 3. The highest BCUT2D eigenvalue weighted by atomic mass is 35.5. The van der Waals surface area contributed by atoms with Gasteiger partial charge in [0.05, 0.1) is 18.6 Å². The number of carbonyl (C=O) groups is 1. The minimum Gasteiger partial charge on any atom is -0.469 e. The molecule has 3 nitrogen and oxygen atoms in total. The number of ether oxygens (including phenoxy) is 1. The van der Waals surface area contributed by atoms with Crippen LogP contribution in [0.1, 0.15) is 5.56 Å². The second kappa shape index (κ2) is 4.44. The third kappa shape index (κ3) is 2.86. The Labute approximate surface area is 85.6 Å². The molecule has 0 unspecified atom stereocenters. The van der Waals surface area contributed by atoms with E-state index < -0.39 is 0 Å². The Balaban J connectivity index is 2.79. The van der Waals surface area contributed by atoms with Gasteiger partial charge in [-0.2, -0.15) is 0 Å². The van der Waals surface area contributed by atoms with Gasteiger partial charge in [0, 0.05) is 6.20 Å². The van der Waals surface area contributed by atoms with Crippen molar-refractivity contribution in [1.82, 2.24) is 4.98 Å². The first-order valence-electron chi connectivity index (χ1n) is 3.50. The van der Waals surface area contributed by atoms with Crippen molar-refractivity contribution >= 4 is 29.2 Å². The fourth-order valence-corrected chi connectivity index (χ4v) is 1.09. The summed E-state index contributed by atoms with van der Waals surface area (Å²) in [4.78, 5) is 14.6. The van der Waals surface area contributed by atoms with E-state index in [1.54, 1.807) is 6.07 Å². The van der Waals surface area contributed by atoms with Gasteiger partial charge in [-0.1, -0.05) is 23.2 Å². The zero-order chi connectivity index (χ0) is 9.84. The maximum Gasteiger partial charge on any atom is 0.310 e. The van der Waals surface area contributed by atoms with Crippen LogP contribution in [0.2, 0.25) is 10.2 Å². The fraction of sp³-hybridized carbons (Fsp3) is 0.250. The van der Waals surface area contributed by atoms with Crippen molar-refractivity contribution in [3.8, 4) is 0 Å². The van der Waals surface area contributed by atoms with Crippen molar-refractivity contribution in [2.24, 2.45) is 0 Å². The first kappa shape index (κ1) is 10.3. The Bertz CT molecular complexity index is 328. The van der Waals surface area contributed by atoms with Crippen molar-refractivity contribution in [2.45, 2.75) is 6.42 Å². The summed E-state index contributed by atoms with van der Waals surface area (Å²) in [5.74, 6) is -0.333. The molecule has 5 heteroatoms. The predicted octanol–water partition coefficient (Wildman–Crippen LogP) is 2.10. The highest BCUT2D eigenvalue weighted by Crippen LogP contribution is 2.19. The second-order valence-electron chi connectivity index (χ2n) is 2.37. The SMILES string of the molecule is COC(=O)Cc1cnc(Cl)c(Cl)c1. The monoisotopic (exact) mass is 219 g/mol. The van der Waals surface area contributed by atoms with E-state index in [-0.39, 0.29) is 17.5 Å². The van der Waals surface area contributed by atoms with Crippen LogP contribution in [0.15, 0.2) is 12.3 Å². The van der Waals surface area contributed by atoms with Crippen LogP contribution >= 0.6 is 23.2 Å². The van der Waals surface area contributed by atoms with E-state index in [0.717, 1.165) is 0 Å². The van der Waals surface area contributed by atoms with E-state index in [1.807, 2.05) is 0 Å². The molecule has 13 heavy (non-hydrogen) atoms. The predicted molar refractivity (Wildman–Crippen MR) is 50.0 cm³/mol. The third-order valence-corrected chi connectivity index (χ3v) is 2.12. The molecule has 0 saturated carbocycles. The zero-order valence-electron chi connectivity index (χ0n) is 6.88. The molecular weight excluding hydrogens is 213 g/mol. The average molecular weight is 220 g/mol. The number of methoxy groups -OCH3 is 1. The van der Waals surface area contributed by atoms with Gasteiger partial charge in [-0.05, 0) is 11.6 Å². The second-order valence-corrected chi connectivity index (χ2v) is 3.13. The number of esters is 1. The van der Waals surface area contributed by atoms with Gasteiger partial charge in [0.1, 0.15) is 5.15 Å². The number of nitrogens with zero attached hydrogens (tertiary/aromatic N) is 1. The van der Waals surface area contributed by atoms with E-state index in [4.69, 9.17) is 23.2 Å². The summed E-state index contributed by atoms with van der Waals surface area (Å²) in [6, 6.07) is 1.59. The van der Waals surface area contributed by atoms with Gasteiger partial charge in [0.25, 0.3) is 0 Å². The lowest BCUT2D eigenvalue weighted by Crippen LogP contribution is -2.04. The Morgan fingerprint density at radius 2 is 2.31 bits per heavy atom. The molecule has 0 aliphatic rings. The van der Waals surface area contributed by atoms with Gasteiger partial charge in [-0.25, -0.2) is 4.98 Å². The molecule has 0 fully saturated rings. The Morgan fingerprint density at radius 3 is 2.85 bits per heavy atom. The van der Waals surface area contributed by atoms with Crippen LogP contribution in [0, 0.1) is 0 Å². The smallest absolute Gasteiger partial charge is 0.310 e. The van der Waals surface area contributed by atoms with E-state index in [1.165, 1.54) is 13.3 Å². The van der Waals surface area contributed by atoms with Crippen LogP contribution in [-0.4, -0.2) is 18.1 Å². The summed E-state index contributed by atoms with van der Waals surface area (Å²) in [6.45, 7) is 0. The number of aromatic nitrogens is 1. The minimum absolute atomic E-state index is 0.153. The van der Waals surface area contributed by atoms with Crippen LogP contribution in [0.5, 0.6) is 0 Å². The van der Waals surface area contributed by atoms with Crippen LogP contribution in [-0.2, 0) is 16.0 Å². The van der Waals surface area contributed by atoms with Gasteiger partial charge in [-0.3, -0.25) is 4.79 Å². The first-order chi connectivity index (χ1) is 6.13. The van der Waals surface area contributed by atoms with Gasteiger partial charge in [0.15, 0.2) is 0 Å². The van der Waals surface area contributed by atoms with E-state index in [0.29, 0.717) is 10.6 Å². The lowest BCUT2D eigenvalue weighted by Gasteiger charge is -2.00.